The molecule has 0 aliphatic rings. The molecule has 0 radical (unpaired) electrons. The van der Waals surface area contributed by atoms with E-state index in [0.717, 1.165) is 12.8 Å². The molecule has 0 aromatic heterocycles. The minimum atomic E-state index is -1.65. The van der Waals surface area contributed by atoms with E-state index in [1.54, 1.807) is 0 Å². The second kappa shape index (κ2) is 5.46. The molecule has 0 saturated heterocycles. The molecule has 0 heterocycles. The van der Waals surface area contributed by atoms with Crippen LogP contribution < -0.4 is 5.73 Å². The zero-order valence-corrected chi connectivity index (χ0v) is 12.6. The Balaban J connectivity index is 4.54. The minimum Gasteiger partial charge on any atom is -0.412 e. The normalized spacial score (nSPS) is 17.6. The summed E-state index contributed by atoms with van der Waals surface area (Å²) in [7, 11) is -1.65. The highest BCUT2D eigenvalue weighted by Crippen LogP contribution is 2.37. The Bertz CT molecular complexity index is 187. The van der Waals surface area contributed by atoms with E-state index >= 15 is 0 Å². The van der Waals surface area contributed by atoms with E-state index in [-0.39, 0.29) is 17.2 Å². The van der Waals surface area contributed by atoms with Crippen LogP contribution in [-0.4, -0.2) is 20.5 Å². The van der Waals surface area contributed by atoms with Gasteiger partial charge < -0.3 is 10.2 Å². The van der Waals surface area contributed by atoms with Crippen LogP contribution in [0.15, 0.2) is 0 Å². The van der Waals surface area contributed by atoms with E-state index < -0.39 is 8.32 Å². The predicted octanol–water partition coefficient (Wildman–Crippen LogP) is 3.52. The summed E-state index contributed by atoms with van der Waals surface area (Å²) < 4.78 is 6.32. The second-order valence-electron chi connectivity index (χ2n) is 5.90. The van der Waals surface area contributed by atoms with Gasteiger partial charge in [-0.1, -0.05) is 34.6 Å². The molecule has 0 unspecified atom stereocenters. The molecule has 0 aromatic carbocycles. The molecule has 15 heavy (non-hydrogen) atoms. The van der Waals surface area contributed by atoms with E-state index in [1.807, 2.05) is 0 Å². The highest BCUT2D eigenvalue weighted by molar-refractivity contribution is 6.74. The summed E-state index contributed by atoms with van der Waals surface area (Å²) in [5.74, 6) is 0. The first kappa shape index (κ1) is 15.1. The van der Waals surface area contributed by atoms with Crippen LogP contribution >= 0.6 is 0 Å². The van der Waals surface area contributed by atoms with Crippen molar-refractivity contribution in [2.24, 2.45) is 5.73 Å². The monoisotopic (exact) mass is 231 g/mol. The molecular weight excluding hydrogens is 202 g/mol. The van der Waals surface area contributed by atoms with Crippen LogP contribution in [-0.2, 0) is 4.43 Å². The molecule has 0 aromatic rings. The van der Waals surface area contributed by atoms with Crippen molar-refractivity contribution in [1.29, 1.82) is 0 Å². The highest BCUT2D eigenvalue weighted by atomic mass is 28.4. The smallest absolute Gasteiger partial charge is 0.192 e. The van der Waals surface area contributed by atoms with Gasteiger partial charge in [-0.05, 0) is 31.0 Å². The maximum absolute atomic E-state index is 6.32. The van der Waals surface area contributed by atoms with Crippen molar-refractivity contribution >= 4 is 8.32 Å². The topological polar surface area (TPSA) is 35.2 Å². The van der Waals surface area contributed by atoms with Gasteiger partial charge in [0.15, 0.2) is 8.32 Å². The molecule has 0 amide bonds. The molecule has 0 fully saturated rings. The standard InChI is InChI=1S/C12H29NOSi/c1-8-10(13)11(9-2)14-15(6,7)12(3,4)5/h10-11H,8-9,13H2,1-7H3/t10-,11+/m0/s1. The third kappa shape index (κ3) is 4.25. The lowest BCUT2D eigenvalue weighted by atomic mass is 10.1. The van der Waals surface area contributed by atoms with Gasteiger partial charge in [-0.15, -0.1) is 0 Å². The van der Waals surface area contributed by atoms with Gasteiger partial charge in [0.1, 0.15) is 0 Å². The van der Waals surface area contributed by atoms with E-state index in [1.165, 1.54) is 0 Å². The van der Waals surface area contributed by atoms with Crippen molar-refractivity contribution in [3.05, 3.63) is 0 Å². The lowest BCUT2D eigenvalue weighted by Crippen LogP contribution is -2.48. The maximum Gasteiger partial charge on any atom is 0.192 e. The van der Waals surface area contributed by atoms with Crippen molar-refractivity contribution in [3.63, 3.8) is 0 Å². The summed E-state index contributed by atoms with van der Waals surface area (Å²) >= 11 is 0. The predicted molar refractivity (Wildman–Crippen MR) is 70.6 cm³/mol. The van der Waals surface area contributed by atoms with Gasteiger partial charge in [0.2, 0.25) is 0 Å². The summed E-state index contributed by atoms with van der Waals surface area (Å²) in [5, 5.41) is 0.272. The zero-order chi connectivity index (χ0) is 12.3. The van der Waals surface area contributed by atoms with Gasteiger partial charge in [0.25, 0.3) is 0 Å². The van der Waals surface area contributed by atoms with E-state index in [9.17, 15) is 0 Å². The van der Waals surface area contributed by atoms with Crippen LogP contribution in [0.1, 0.15) is 47.5 Å². The molecule has 3 heteroatoms. The van der Waals surface area contributed by atoms with Crippen LogP contribution in [0.3, 0.4) is 0 Å². The molecule has 92 valence electrons. The van der Waals surface area contributed by atoms with Crippen molar-refractivity contribution in [2.75, 3.05) is 0 Å². The molecule has 0 aliphatic carbocycles. The number of hydrogen-bond acceptors (Lipinski definition) is 2. The van der Waals surface area contributed by atoms with Gasteiger partial charge in [0, 0.05) is 6.04 Å². The molecule has 0 spiro atoms. The lowest BCUT2D eigenvalue weighted by molar-refractivity contribution is 0.146. The summed E-state index contributed by atoms with van der Waals surface area (Å²) in [6, 6.07) is 0.184. The molecule has 2 nitrogen and oxygen atoms in total. The summed E-state index contributed by atoms with van der Waals surface area (Å²) in [6.45, 7) is 15.7. The van der Waals surface area contributed by atoms with Gasteiger partial charge in [0.05, 0.1) is 6.10 Å². The van der Waals surface area contributed by atoms with Crippen molar-refractivity contribution in [3.8, 4) is 0 Å². The van der Waals surface area contributed by atoms with Crippen LogP contribution in [0.4, 0.5) is 0 Å². The minimum absolute atomic E-state index is 0.184. The number of nitrogens with two attached hydrogens (primary N) is 1. The Labute approximate surface area is 96.7 Å². The Morgan fingerprint density at radius 3 is 1.87 bits per heavy atom. The molecular formula is C12H29NOSi. The van der Waals surface area contributed by atoms with Crippen LogP contribution in [0, 0.1) is 0 Å². The van der Waals surface area contributed by atoms with E-state index in [0.29, 0.717) is 0 Å². The number of rotatable bonds is 5. The summed E-state index contributed by atoms with van der Waals surface area (Å²) in [4.78, 5) is 0. The van der Waals surface area contributed by atoms with E-state index in [2.05, 4.69) is 47.7 Å². The Morgan fingerprint density at radius 1 is 1.13 bits per heavy atom. The van der Waals surface area contributed by atoms with Gasteiger partial charge in [-0.25, -0.2) is 0 Å². The highest BCUT2D eigenvalue weighted by Gasteiger charge is 2.39. The molecule has 2 atom stereocenters. The first-order valence-electron chi connectivity index (χ1n) is 6.09. The fourth-order valence-corrected chi connectivity index (χ4v) is 2.74. The lowest BCUT2D eigenvalue weighted by Gasteiger charge is -2.40. The Kier molecular flexibility index (Phi) is 5.51. The molecule has 0 rings (SSSR count). The maximum atomic E-state index is 6.32. The van der Waals surface area contributed by atoms with Crippen LogP contribution in [0.25, 0.3) is 0 Å². The van der Waals surface area contributed by atoms with Crippen LogP contribution in [0.5, 0.6) is 0 Å². The van der Waals surface area contributed by atoms with Gasteiger partial charge >= 0.3 is 0 Å². The third-order valence-corrected chi connectivity index (χ3v) is 8.11. The van der Waals surface area contributed by atoms with Gasteiger partial charge in [-0.2, -0.15) is 0 Å². The second-order valence-corrected chi connectivity index (χ2v) is 10.7. The Morgan fingerprint density at radius 2 is 1.60 bits per heavy atom. The third-order valence-electron chi connectivity index (χ3n) is 3.60. The quantitative estimate of drug-likeness (QED) is 0.735. The fraction of sp³-hybridized carbons (Fsp3) is 1.00. The largest absolute Gasteiger partial charge is 0.412 e. The van der Waals surface area contributed by atoms with Gasteiger partial charge in [-0.3, -0.25) is 0 Å². The molecule has 0 aliphatic heterocycles. The average molecular weight is 231 g/mol. The van der Waals surface area contributed by atoms with Crippen molar-refractivity contribution < 1.29 is 4.43 Å². The summed E-state index contributed by atoms with van der Waals surface area (Å²) in [5.41, 5.74) is 6.08. The van der Waals surface area contributed by atoms with Crippen molar-refractivity contribution in [1.82, 2.24) is 0 Å². The molecule has 0 saturated carbocycles. The fourth-order valence-electron chi connectivity index (χ4n) is 1.29. The number of hydrogen-bond donors (Lipinski definition) is 1. The zero-order valence-electron chi connectivity index (χ0n) is 11.6. The molecule has 0 bridgehead atoms. The molecule has 2 N–H and O–H groups in total. The summed E-state index contributed by atoms with van der Waals surface area (Å²) in [6.07, 6.45) is 2.24. The Hall–Kier alpha value is 0.137. The van der Waals surface area contributed by atoms with Crippen molar-refractivity contribution in [2.45, 2.75) is 77.7 Å². The first-order valence-corrected chi connectivity index (χ1v) is 9.00. The average Bonchev–Trinajstić information content (AvgIpc) is 2.11. The SMILES string of the molecule is CC[C@H](N)[C@@H](CC)O[Si](C)(C)C(C)(C)C. The van der Waals surface area contributed by atoms with E-state index in [4.69, 9.17) is 10.2 Å². The van der Waals surface area contributed by atoms with Crippen LogP contribution in [0.2, 0.25) is 18.1 Å². The first-order chi connectivity index (χ1) is 6.65.